The van der Waals surface area contributed by atoms with E-state index in [9.17, 15) is 14.4 Å². The number of H-pyrrole nitrogens is 2. The molecule has 2 aromatic carbocycles. The van der Waals surface area contributed by atoms with Crippen LogP contribution in [0.5, 0.6) is 0 Å². The van der Waals surface area contributed by atoms with Crippen molar-refractivity contribution in [2.45, 2.75) is 6.54 Å². The minimum atomic E-state index is -0.294. The highest BCUT2D eigenvalue weighted by atomic mass is 16.2. The summed E-state index contributed by atoms with van der Waals surface area (Å²) in [5.74, 6) is -0.584. The number of amides is 2. The van der Waals surface area contributed by atoms with Gasteiger partial charge in [0.25, 0.3) is 5.91 Å². The highest BCUT2D eigenvalue weighted by molar-refractivity contribution is 5.96. The number of fused-ring (bicyclic) bond motifs is 1. The third-order valence-electron chi connectivity index (χ3n) is 3.52. The lowest BCUT2D eigenvalue weighted by molar-refractivity contribution is -0.120. The van der Waals surface area contributed by atoms with Gasteiger partial charge in [-0.25, -0.2) is 4.79 Å². The molecule has 122 valence electrons. The zero-order chi connectivity index (χ0) is 16.9. The second-order valence-electron chi connectivity index (χ2n) is 5.28. The first-order chi connectivity index (χ1) is 11.6. The highest BCUT2D eigenvalue weighted by Gasteiger charge is 2.07. The fourth-order valence-corrected chi connectivity index (χ4v) is 2.30. The van der Waals surface area contributed by atoms with E-state index in [2.05, 4.69) is 20.6 Å². The molecule has 1 aromatic heterocycles. The summed E-state index contributed by atoms with van der Waals surface area (Å²) in [5, 5.41) is 5.29. The lowest BCUT2D eigenvalue weighted by Crippen LogP contribution is -2.36. The summed E-state index contributed by atoms with van der Waals surface area (Å²) in [4.78, 5) is 40.2. The van der Waals surface area contributed by atoms with E-state index >= 15 is 0 Å². The number of rotatable bonds is 5. The number of aromatic amines is 2. The van der Waals surface area contributed by atoms with Crippen molar-refractivity contribution in [1.82, 2.24) is 20.6 Å². The van der Waals surface area contributed by atoms with E-state index in [0.29, 0.717) is 23.1 Å². The second-order valence-corrected chi connectivity index (χ2v) is 5.28. The van der Waals surface area contributed by atoms with Crippen molar-refractivity contribution in [2.75, 3.05) is 6.54 Å². The average molecular weight is 324 g/mol. The van der Waals surface area contributed by atoms with Crippen molar-refractivity contribution >= 4 is 22.8 Å². The van der Waals surface area contributed by atoms with Gasteiger partial charge >= 0.3 is 5.69 Å². The molecule has 0 saturated carbocycles. The molecule has 7 heteroatoms. The summed E-state index contributed by atoms with van der Waals surface area (Å²) in [6, 6.07) is 14.1. The Balaban J connectivity index is 1.51. The number of hydrogen-bond acceptors (Lipinski definition) is 3. The summed E-state index contributed by atoms with van der Waals surface area (Å²) in [7, 11) is 0. The van der Waals surface area contributed by atoms with Crippen LogP contribution in [0, 0.1) is 0 Å². The fourth-order valence-electron chi connectivity index (χ4n) is 2.30. The Kier molecular flexibility index (Phi) is 4.42. The van der Waals surface area contributed by atoms with E-state index in [4.69, 9.17) is 0 Å². The molecule has 0 unspecified atom stereocenters. The number of benzene rings is 2. The maximum atomic E-state index is 11.8. The minimum absolute atomic E-state index is 0.100. The van der Waals surface area contributed by atoms with Gasteiger partial charge in [0.2, 0.25) is 5.91 Å². The Hall–Kier alpha value is -3.35. The quantitative estimate of drug-likeness (QED) is 0.560. The van der Waals surface area contributed by atoms with Crippen LogP contribution < -0.4 is 16.3 Å². The van der Waals surface area contributed by atoms with Crippen molar-refractivity contribution in [3.05, 3.63) is 70.1 Å². The molecular formula is C17H16N4O3. The van der Waals surface area contributed by atoms with Crippen LogP contribution in [0.1, 0.15) is 15.9 Å². The van der Waals surface area contributed by atoms with E-state index in [1.807, 2.05) is 12.1 Å². The molecule has 4 N–H and O–H groups in total. The molecule has 0 radical (unpaired) electrons. The van der Waals surface area contributed by atoms with Crippen molar-refractivity contribution in [3.63, 3.8) is 0 Å². The first kappa shape index (κ1) is 15.5. The third kappa shape index (κ3) is 3.70. The van der Waals surface area contributed by atoms with Crippen LogP contribution in [0.4, 0.5) is 0 Å². The van der Waals surface area contributed by atoms with Crippen LogP contribution in [0.15, 0.2) is 53.3 Å². The molecule has 1 heterocycles. The molecule has 0 bridgehead atoms. The summed E-state index contributed by atoms with van der Waals surface area (Å²) in [5.41, 5.74) is 2.48. The Labute approximate surface area is 137 Å². The van der Waals surface area contributed by atoms with E-state index in [0.717, 1.165) is 5.56 Å². The number of nitrogens with one attached hydrogen (secondary N) is 4. The summed E-state index contributed by atoms with van der Waals surface area (Å²) in [6.07, 6.45) is 0. The monoisotopic (exact) mass is 324 g/mol. The zero-order valence-corrected chi connectivity index (χ0v) is 12.8. The largest absolute Gasteiger partial charge is 0.350 e. The molecule has 0 saturated heterocycles. The molecule has 0 aliphatic heterocycles. The number of imidazole rings is 1. The number of carbonyl (C=O) groups is 2. The van der Waals surface area contributed by atoms with Crippen LogP contribution >= 0.6 is 0 Å². The molecule has 0 aliphatic rings. The molecular weight excluding hydrogens is 308 g/mol. The highest BCUT2D eigenvalue weighted by Crippen LogP contribution is 2.09. The molecule has 0 atom stereocenters. The molecule has 24 heavy (non-hydrogen) atoms. The topological polar surface area (TPSA) is 107 Å². The van der Waals surface area contributed by atoms with Gasteiger partial charge in [0.15, 0.2) is 0 Å². The molecule has 7 nitrogen and oxygen atoms in total. The van der Waals surface area contributed by atoms with Gasteiger partial charge in [-0.1, -0.05) is 24.3 Å². The van der Waals surface area contributed by atoms with Gasteiger partial charge in [-0.15, -0.1) is 0 Å². The first-order valence-corrected chi connectivity index (χ1v) is 7.43. The number of carbonyl (C=O) groups excluding carboxylic acids is 2. The molecule has 0 spiro atoms. The van der Waals surface area contributed by atoms with Crippen LogP contribution in [0.25, 0.3) is 11.0 Å². The standard InChI is InChI=1S/C17H16N4O3/c22-15(10-19-16(23)12-4-2-1-3-5-12)18-9-11-6-7-13-14(8-11)21-17(24)20-13/h1-8H,9-10H2,(H,18,22)(H,19,23)(H2,20,21,24). The minimum Gasteiger partial charge on any atom is -0.350 e. The van der Waals surface area contributed by atoms with Crippen molar-refractivity contribution in [3.8, 4) is 0 Å². The lowest BCUT2D eigenvalue weighted by atomic mass is 10.2. The van der Waals surface area contributed by atoms with Gasteiger partial charge in [-0.05, 0) is 29.8 Å². The third-order valence-corrected chi connectivity index (χ3v) is 3.52. The SMILES string of the molecule is O=C(CNC(=O)c1ccccc1)NCc1ccc2[nH]c(=O)[nH]c2c1. The first-order valence-electron chi connectivity index (χ1n) is 7.43. The lowest BCUT2D eigenvalue weighted by Gasteiger charge is -2.07. The van der Waals surface area contributed by atoms with Crippen LogP contribution in [-0.2, 0) is 11.3 Å². The molecule has 3 aromatic rings. The molecule has 3 rings (SSSR count). The number of aromatic nitrogens is 2. The zero-order valence-electron chi connectivity index (χ0n) is 12.8. The van der Waals surface area contributed by atoms with Crippen LogP contribution in [0.3, 0.4) is 0 Å². The Morgan fingerprint density at radius 3 is 2.46 bits per heavy atom. The van der Waals surface area contributed by atoms with E-state index in [-0.39, 0.29) is 24.0 Å². The number of hydrogen-bond donors (Lipinski definition) is 4. The predicted octanol–water partition coefficient (Wildman–Crippen LogP) is 0.902. The Bertz CT molecular complexity index is 928. The van der Waals surface area contributed by atoms with E-state index in [1.54, 1.807) is 36.4 Å². The second kappa shape index (κ2) is 6.82. The summed E-state index contributed by atoms with van der Waals surface area (Å²) < 4.78 is 0. The van der Waals surface area contributed by atoms with Gasteiger partial charge < -0.3 is 20.6 Å². The fraction of sp³-hybridized carbons (Fsp3) is 0.118. The average Bonchev–Trinajstić information content (AvgIpc) is 2.97. The van der Waals surface area contributed by atoms with Gasteiger partial charge in [0, 0.05) is 12.1 Å². The Morgan fingerprint density at radius 1 is 0.917 bits per heavy atom. The van der Waals surface area contributed by atoms with Gasteiger partial charge in [-0.3, -0.25) is 9.59 Å². The van der Waals surface area contributed by atoms with Crippen molar-refractivity contribution in [2.24, 2.45) is 0 Å². The van der Waals surface area contributed by atoms with Crippen molar-refractivity contribution in [1.29, 1.82) is 0 Å². The molecule has 2 amide bonds. The van der Waals surface area contributed by atoms with Crippen molar-refractivity contribution < 1.29 is 9.59 Å². The van der Waals surface area contributed by atoms with Gasteiger partial charge in [-0.2, -0.15) is 0 Å². The normalized spacial score (nSPS) is 10.5. The smallest absolute Gasteiger partial charge is 0.323 e. The maximum Gasteiger partial charge on any atom is 0.323 e. The predicted molar refractivity (Wildman–Crippen MR) is 89.5 cm³/mol. The van der Waals surface area contributed by atoms with Crippen LogP contribution in [0.2, 0.25) is 0 Å². The Morgan fingerprint density at radius 2 is 1.67 bits per heavy atom. The molecule has 0 fully saturated rings. The van der Waals surface area contributed by atoms with Gasteiger partial charge in [0.1, 0.15) is 0 Å². The van der Waals surface area contributed by atoms with Gasteiger partial charge in [0.05, 0.1) is 17.6 Å². The summed E-state index contributed by atoms with van der Waals surface area (Å²) in [6.45, 7) is 0.208. The maximum absolute atomic E-state index is 11.8. The van der Waals surface area contributed by atoms with Crippen LogP contribution in [-0.4, -0.2) is 28.3 Å². The summed E-state index contributed by atoms with van der Waals surface area (Å²) >= 11 is 0. The molecule has 0 aliphatic carbocycles. The van der Waals surface area contributed by atoms with E-state index < -0.39 is 0 Å². The van der Waals surface area contributed by atoms with E-state index in [1.165, 1.54) is 0 Å².